The topological polar surface area (TPSA) is 15.3 Å². The molecule has 0 fully saturated rings. The normalized spacial score (nSPS) is 13.9. The highest BCUT2D eigenvalue weighted by molar-refractivity contribution is 6.30. The van der Waals surface area contributed by atoms with Gasteiger partial charge in [-0.25, -0.2) is 4.39 Å². The van der Waals surface area contributed by atoms with Gasteiger partial charge >= 0.3 is 0 Å². The molecule has 98 valence electrons. The lowest BCUT2D eigenvalue weighted by Crippen LogP contribution is -2.33. The summed E-state index contributed by atoms with van der Waals surface area (Å²) in [4.78, 5) is 2.24. The first-order valence-electron chi connectivity index (χ1n) is 6.26. The molecule has 0 bridgehead atoms. The fraction of sp³-hybridized carbons (Fsp3) is 0.200. The maximum Gasteiger partial charge on any atom is 0.142 e. The van der Waals surface area contributed by atoms with E-state index in [0.29, 0.717) is 6.54 Å². The van der Waals surface area contributed by atoms with Crippen LogP contribution in [-0.2, 0) is 6.54 Å². The third kappa shape index (κ3) is 2.51. The first-order chi connectivity index (χ1) is 9.24. The van der Waals surface area contributed by atoms with Gasteiger partial charge < -0.3 is 10.2 Å². The first-order valence-corrected chi connectivity index (χ1v) is 6.63. The summed E-state index contributed by atoms with van der Waals surface area (Å²) in [7, 11) is 0. The summed E-state index contributed by atoms with van der Waals surface area (Å²) in [6, 6.07) is 13.2. The minimum atomic E-state index is -0.359. The predicted molar refractivity (Wildman–Crippen MR) is 77.4 cm³/mol. The molecule has 0 saturated carbocycles. The Balaban J connectivity index is 1.86. The van der Waals surface area contributed by atoms with Crippen molar-refractivity contribution in [1.29, 1.82) is 0 Å². The summed E-state index contributed by atoms with van der Waals surface area (Å²) in [6.07, 6.45) is 0. The molecular formula is C15H14ClFN2. The minimum absolute atomic E-state index is 0.171. The number of hydrogen-bond donors (Lipinski definition) is 1. The van der Waals surface area contributed by atoms with Crippen LogP contribution in [0, 0.1) is 5.82 Å². The van der Waals surface area contributed by atoms with Gasteiger partial charge in [-0.1, -0.05) is 29.8 Å². The van der Waals surface area contributed by atoms with Gasteiger partial charge in [0.15, 0.2) is 0 Å². The Kier molecular flexibility index (Phi) is 3.30. The Bertz CT molecular complexity index is 600. The van der Waals surface area contributed by atoms with Crippen LogP contribution in [0.4, 0.5) is 15.8 Å². The Labute approximate surface area is 116 Å². The molecule has 0 aromatic heterocycles. The lowest BCUT2D eigenvalue weighted by molar-refractivity contribution is 0.625. The van der Waals surface area contributed by atoms with Gasteiger partial charge in [-0.2, -0.15) is 0 Å². The van der Waals surface area contributed by atoms with E-state index in [1.807, 2.05) is 18.2 Å². The highest BCUT2D eigenvalue weighted by Crippen LogP contribution is 2.29. The van der Waals surface area contributed by atoms with E-state index in [4.69, 9.17) is 11.6 Å². The van der Waals surface area contributed by atoms with E-state index in [1.54, 1.807) is 6.07 Å². The Morgan fingerprint density at radius 1 is 1.21 bits per heavy atom. The molecular weight excluding hydrogens is 263 g/mol. The maximum atomic E-state index is 13.5. The van der Waals surface area contributed by atoms with Gasteiger partial charge in [-0.05, 0) is 29.8 Å². The smallest absolute Gasteiger partial charge is 0.142 e. The van der Waals surface area contributed by atoms with Crippen molar-refractivity contribution in [1.82, 2.24) is 0 Å². The lowest BCUT2D eigenvalue weighted by atomic mass is 10.1. The molecule has 0 amide bonds. The summed E-state index contributed by atoms with van der Waals surface area (Å²) in [5, 5.41) is 3.53. The average molecular weight is 277 g/mol. The maximum absolute atomic E-state index is 13.5. The van der Waals surface area contributed by atoms with Crippen molar-refractivity contribution >= 4 is 23.0 Å². The number of benzene rings is 2. The molecule has 2 aromatic rings. The summed E-state index contributed by atoms with van der Waals surface area (Å²) in [5.74, 6) is -0.359. The zero-order chi connectivity index (χ0) is 13.2. The van der Waals surface area contributed by atoms with E-state index in [2.05, 4.69) is 22.3 Å². The van der Waals surface area contributed by atoms with Crippen LogP contribution in [0.25, 0.3) is 0 Å². The summed E-state index contributed by atoms with van der Waals surface area (Å²) >= 11 is 5.71. The van der Waals surface area contributed by atoms with Crippen molar-refractivity contribution in [3.8, 4) is 0 Å². The van der Waals surface area contributed by atoms with Crippen molar-refractivity contribution in [2.75, 3.05) is 23.3 Å². The first kappa shape index (κ1) is 12.3. The summed E-state index contributed by atoms with van der Waals surface area (Å²) < 4.78 is 13.5. The average Bonchev–Trinajstić information content (AvgIpc) is 2.43. The molecule has 0 saturated heterocycles. The van der Waals surface area contributed by atoms with Gasteiger partial charge in [0.2, 0.25) is 0 Å². The van der Waals surface area contributed by atoms with Crippen LogP contribution in [0.15, 0.2) is 42.5 Å². The highest BCUT2D eigenvalue weighted by atomic mass is 35.5. The quantitative estimate of drug-likeness (QED) is 0.895. The van der Waals surface area contributed by atoms with Crippen molar-refractivity contribution < 1.29 is 4.39 Å². The summed E-state index contributed by atoms with van der Waals surface area (Å²) in [5.41, 5.74) is 3.21. The number of para-hydroxylation sites is 2. The van der Waals surface area contributed by atoms with Crippen LogP contribution in [0.5, 0.6) is 0 Å². The molecule has 0 aliphatic carbocycles. The molecule has 0 radical (unpaired) electrons. The number of hydrogen-bond acceptors (Lipinski definition) is 2. The molecule has 3 rings (SSSR count). The summed E-state index contributed by atoms with van der Waals surface area (Å²) in [6.45, 7) is 2.49. The van der Waals surface area contributed by atoms with Crippen LogP contribution >= 0.6 is 11.6 Å². The van der Waals surface area contributed by atoms with Gasteiger partial charge in [0.25, 0.3) is 0 Å². The Morgan fingerprint density at radius 2 is 2.05 bits per heavy atom. The largest absolute Gasteiger partial charge is 0.382 e. The van der Waals surface area contributed by atoms with E-state index < -0.39 is 0 Å². The van der Waals surface area contributed by atoms with Crippen molar-refractivity contribution in [2.45, 2.75) is 6.54 Å². The van der Waals surface area contributed by atoms with Gasteiger partial charge in [0, 0.05) is 19.6 Å². The molecule has 0 unspecified atom stereocenters. The zero-order valence-corrected chi connectivity index (χ0v) is 11.1. The van der Waals surface area contributed by atoms with Crippen LogP contribution in [-0.4, -0.2) is 13.1 Å². The van der Waals surface area contributed by atoms with Crippen molar-refractivity contribution in [3.63, 3.8) is 0 Å². The molecule has 1 aliphatic rings. The van der Waals surface area contributed by atoms with Crippen LogP contribution in [0.1, 0.15) is 5.56 Å². The Hall–Kier alpha value is -1.74. The van der Waals surface area contributed by atoms with Crippen molar-refractivity contribution in [2.24, 2.45) is 0 Å². The fourth-order valence-corrected chi connectivity index (χ4v) is 2.49. The SMILES string of the molecule is Fc1cc(CN2CCNc3ccccc32)ccc1Cl. The van der Waals surface area contributed by atoms with E-state index in [0.717, 1.165) is 30.0 Å². The Morgan fingerprint density at radius 3 is 2.89 bits per heavy atom. The van der Waals surface area contributed by atoms with E-state index >= 15 is 0 Å². The third-order valence-corrected chi connectivity index (χ3v) is 3.61. The molecule has 19 heavy (non-hydrogen) atoms. The number of nitrogens with zero attached hydrogens (tertiary/aromatic N) is 1. The fourth-order valence-electron chi connectivity index (χ4n) is 2.37. The van der Waals surface area contributed by atoms with Gasteiger partial charge in [-0.3, -0.25) is 0 Å². The van der Waals surface area contributed by atoms with Crippen LogP contribution in [0.2, 0.25) is 5.02 Å². The van der Waals surface area contributed by atoms with Crippen LogP contribution < -0.4 is 10.2 Å². The number of halogens is 2. The highest BCUT2D eigenvalue weighted by Gasteiger charge is 2.16. The van der Waals surface area contributed by atoms with Crippen molar-refractivity contribution in [3.05, 3.63) is 58.9 Å². The van der Waals surface area contributed by atoms with Gasteiger partial charge in [0.05, 0.1) is 16.4 Å². The number of rotatable bonds is 2. The molecule has 4 heteroatoms. The van der Waals surface area contributed by atoms with Gasteiger partial charge in [0.1, 0.15) is 5.82 Å². The van der Waals surface area contributed by atoms with E-state index in [9.17, 15) is 4.39 Å². The van der Waals surface area contributed by atoms with Gasteiger partial charge in [-0.15, -0.1) is 0 Å². The standard InChI is InChI=1S/C15H14ClFN2/c16-12-6-5-11(9-13(12)17)10-19-8-7-18-14-3-1-2-4-15(14)19/h1-6,9,18H,7-8,10H2. The van der Waals surface area contributed by atoms with E-state index in [1.165, 1.54) is 6.07 Å². The lowest BCUT2D eigenvalue weighted by Gasteiger charge is -2.32. The zero-order valence-electron chi connectivity index (χ0n) is 10.4. The second-order valence-corrected chi connectivity index (χ2v) is 5.02. The van der Waals surface area contributed by atoms with Crippen LogP contribution in [0.3, 0.4) is 0 Å². The van der Waals surface area contributed by atoms with E-state index in [-0.39, 0.29) is 10.8 Å². The molecule has 1 N–H and O–H groups in total. The predicted octanol–water partition coefficient (Wildman–Crippen LogP) is 3.91. The molecule has 0 spiro atoms. The second-order valence-electron chi connectivity index (χ2n) is 4.61. The number of nitrogens with one attached hydrogen (secondary N) is 1. The molecule has 2 nitrogen and oxygen atoms in total. The monoisotopic (exact) mass is 276 g/mol. The minimum Gasteiger partial charge on any atom is -0.382 e. The second kappa shape index (κ2) is 5.10. The molecule has 1 heterocycles. The molecule has 0 atom stereocenters. The number of fused-ring (bicyclic) bond motifs is 1. The third-order valence-electron chi connectivity index (χ3n) is 3.30. The number of anilines is 2. The molecule has 2 aromatic carbocycles. The molecule has 1 aliphatic heterocycles.